The van der Waals surface area contributed by atoms with Crippen molar-refractivity contribution in [3.05, 3.63) is 215 Å². The van der Waals surface area contributed by atoms with Crippen LogP contribution in [0, 0.1) is 0 Å². The quantitative estimate of drug-likeness (QED) is 0.0741. The van der Waals surface area contributed by atoms with Gasteiger partial charge in [0.05, 0.1) is 50.8 Å². The van der Waals surface area contributed by atoms with E-state index < -0.39 is 73.4 Å². The Kier molecular flexibility index (Phi) is 17.0. The van der Waals surface area contributed by atoms with Gasteiger partial charge in [0.2, 0.25) is 0 Å². The number of aliphatic hydroxyl groups excluding tert-OH is 2. The van der Waals surface area contributed by atoms with Crippen molar-refractivity contribution in [1.82, 2.24) is 0 Å². The number of carbonyl (C=O) groups excluding carboxylic acids is 2. The first kappa shape index (κ1) is 47.4. The van der Waals surface area contributed by atoms with Crippen LogP contribution in [-0.4, -0.2) is 96.8 Å². The van der Waals surface area contributed by atoms with E-state index in [1.165, 1.54) is 0 Å². The third-order valence-electron chi connectivity index (χ3n) is 11.4. The number of hydrogen-bond donors (Lipinski definition) is 2. The van der Waals surface area contributed by atoms with Gasteiger partial charge in [-0.25, -0.2) is 9.59 Å². The second-order valence-electron chi connectivity index (χ2n) is 16.2. The standard InChI is InChI=1S/C54H54O13/c55-45-43(35-59-31-37-19-7-1-8-20-37)65-54(50(67-52(57)42-29-17-6-18-30-42)47(45)66-51(56)41-27-15-5-16-28-41)63-36-44-46(60-32-38-21-9-2-10-22-38)48(61-33-39-23-11-3-12-24-39)49(53(58)64-44)62-34-40-25-13-4-14-26-40/h1-30,43-50,53-55,58H,31-36H2/t43-,44-,45-,46-,47+,48+,49+,50-,53+,54-/m1/s1. The Morgan fingerprint density at radius 2 is 0.806 bits per heavy atom. The van der Waals surface area contributed by atoms with Crippen molar-refractivity contribution in [2.24, 2.45) is 0 Å². The molecule has 348 valence electrons. The van der Waals surface area contributed by atoms with E-state index in [4.69, 9.17) is 42.6 Å². The zero-order chi connectivity index (χ0) is 46.2. The molecule has 2 fully saturated rings. The zero-order valence-corrected chi connectivity index (χ0v) is 36.7. The van der Waals surface area contributed by atoms with E-state index in [-0.39, 0.29) is 50.8 Å². The van der Waals surface area contributed by atoms with Crippen molar-refractivity contribution < 1.29 is 62.4 Å². The van der Waals surface area contributed by atoms with Gasteiger partial charge in [0, 0.05) is 0 Å². The number of rotatable bonds is 20. The fraction of sp³-hybridized carbons (Fsp3) is 0.296. The van der Waals surface area contributed by atoms with Gasteiger partial charge in [-0.2, -0.15) is 0 Å². The molecule has 2 N–H and O–H groups in total. The van der Waals surface area contributed by atoms with Crippen LogP contribution in [0.1, 0.15) is 43.0 Å². The SMILES string of the molecule is O=C(O[C@H]1[C@H](OC[C@H]2O[C@H](O)[C@@H](OCc3ccccc3)[C@@H](OCc3ccccc3)[C@@H]2OCc2ccccc2)O[C@H](COCc2ccccc2)[C@@H](O)[C@@H]1OC(=O)c1ccccc1)c1ccccc1. The van der Waals surface area contributed by atoms with Gasteiger partial charge in [-0.1, -0.05) is 158 Å². The van der Waals surface area contributed by atoms with Crippen molar-refractivity contribution in [2.75, 3.05) is 13.2 Å². The molecule has 0 radical (unpaired) electrons. The van der Waals surface area contributed by atoms with E-state index in [2.05, 4.69) is 0 Å². The molecule has 0 aliphatic carbocycles. The van der Waals surface area contributed by atoms with Crippen molar-refractivity contribution >= 4 is 11.9 Å². The van der Waals surface area contributed by atoms with Gasteiger partial charge in [-0.3, -0.25) is 0 Å². The number of ether oxygens (including phenoxy) is 9. The number of aliphatic hydroxyl groups is 2. The van der Waals surface area contributed by atoms with Crippen LogP contribution in [0.2, 0.25) is 0 Å². The Labute approximate surface area is 389 Å². The summed E-state index contributed by atoms with van der Waals surface area (Å²) in [5, 5.41) is 23.8. The normalized spacial score (nSPS) is 24.9. The molecule has 6 aromatic carbocycles. The summed E-state index contributed by atoms with van der Waals surface area (Å²) in [6, 6.07) is 54.7. The van der Waals surface area contributed by atoms with Gasteiger partial charge in [0.25, 0.3) is 0 Å². The van der Waals surface area contributed by atoms with E-state index >= 15 is 0 Å². The van der Waals surface area contributed by atoms with Gasteiger partial charge >= 0.3 is 11.9 Å². The summed E-state index contributed by atoms with van der Waals surface area (Å²) in [7, 11) is 0. The highest BCUT2D eigenvalue weighted by molar-refractivity contribution is 5.90. The fourth-order valence-corrected chi connectivity index (χ4v) is 7.91. The number of carbonyl (C=O) groups is 2. The minimum Gasteiger partial charge on any atom is -0.452 e. The molecule has 0 aromatic heterocycles. The minimum absolute atomic E-state index is 0.139. The smallest absolute Gasteiger partial charge is 0.338 e. The highest BCUT2D eigenvalue weighted by atomic mass is 16.7. The topological polar surface area (TPSA) is 158 Å². The lowest BCUT2D eigenvalue weighted by atomic mass is 9.97. The Morgan fingerprint density at radius 1 is 0.403 bits per heavy atom. The summed E-state index contributed by atoms with van der Waals surface area (Å²) in [4.78, 5) is 27.6. The van der Waals surface area contributed by atoms with E-state index in [0.29, 0.717) is 0 Å². The molecule has 0 spiro atoms. The van der Waals surface area contributed by atoms with E-state index in [1.807, 2.05) is 121 Å². The molecule has 2 aliphatic heterocycles. The molecule has 67 heavy (non-hydrogen) atoms. The number of hydrogen-bond acceptors (Lipinski definition) is 13. The Balaban J connectivity index is 1.10. The van der Waals surface area contributed by atoms with Crippen LogP contribution in [-0.2, 0) is 69.1 Å². The first-order chi connectivity index (χ1) is 32.9. The van der Waals surface area contributed by atoms with Crippen LogP contribution in [0.3, 0.4) is 0 Å². The predicted molar refractivity (Wildman–Crippen MR) is 244 cm³/mol. The van der Waals surface area contributed by atoms with Crippen LogP contribution >= 0.6 is 0 Å². The first-order valence-electron chi connectivity index (χ1n) is 22.3. The molecule has 0 amide bonds. The molecule has 13 heteroatoms. The summed E-state index contributed by atoms with van der Waals surface area (Å²) in [5.41, 5.74) is 3.92. The highest BCUT2D eigenvalue weighted by Crippen LogP contribution is 2.33. The molecular formula is C54H54O13. The lowest BCUT2D eigenvalue weighted by Gasteiger charge is -2.46. The average molecular weight is 911 g/mol. The van der Waals surface area contributed by atoms with Gasteiger partial charge in [0.1, 0.15) is 36.6 Å². The van der Waals surface area contributed by atoms with Gasteiger partial charge in [-0.15, -0.1) is 0 Å². The molecule has 6 aromatic rings. The third kappa shape index (κ3) is 13.1. The second-order valence-corrected chi connectivity index (χ2v) is 16.2. The van der Waals surface area contributed by atoms with Crippen LogP contribution in [0.4, 0.5) is 0 Å². The summed E-state index contributed by atoms with van der Waals surface area (Å²) in [6.45, 7) is 0.137. The largest absolute Gasteiger partial charge is 0.452 e. The van der Waals surface area contributed by atoms with E-state index in [1.54, 1.807) is 60.7 Å². The zero-order valence-electron chi connectivity index (χ0n) is 36.7. The average Bonchev–Trinajstić information content (AvgIpc) is 3.38. The van der Waals surface area contributed by atoms with Crippen molar-refractivity contribution in [2.45, 2.75) is 87.8 Å². The Bertz CT molecular complexity index is 2380. The monoisotopic (exact) mass is 910 g/mol. The van der Waals surface area contributed by atoms with Crippen molar-refractivity contribution in [1.29, 1.82) is 0 Å². The molecule has 0 bridgehead atoms. The first-order valence-corrected chi connectivity index (χ1v) is 22.3. The predicted octanol–water partition coefficient (Wildman–Crippen LogP) is 7.23. The number of benzene rings is 6. The molecule has 2 saturated heterocycles. The highest BCUT2D eigenvalue weighted by Gasteiger charge is 2.53. The number of esters is 2. The van der Waals surface area contributed by atoms with Crippen LogP contribution in [0.5, 0.6) is 0 Å². The second kappa shape index (κ2) is 24.1. The van der Waals surface area contributed by atoms with Crippen LogP contribution < -0.4 is 0 Å². The van der Waals surface area contributed by atoms with Crippen LogP contribution in [0.15, 0.2) is 182 Å². The molecule has 0 unspecified atom stereocenters. The lowest BCUT2D eigenvalue weighted by Crippen LogP contribution is -2.63. The summed E-state index contributed by atoms with van der Waals surface area (Å²) >= 11 is 0. The van der Waals surface area contributed by atoms with E-state index in [9.17, 15) is 19.8 Å². The fourth-order valence-electron chi connectivity index (χ4n) is 7.91. The summed E-state index contributed by atoms with van der Waals surface area (Å²) in [6.07, 6.45) is -12.6. The van der Waals surface area contributed by atoms with E-state index in [0.717, 1.165) is 22.3 Å². The lowest BCUT2D eigenvalue weighted by molar-refractivity contribution is -0.338. The summed E-state index contributed by atoms with van der Waals surface area (Å²) in [5.74, 6) is -1.56. The maximum absolute atomic E-state index is 13.8. The van der Waals surface area contributed by atoms with Gasteiger partial charge < -0.3 is 52.8 Å². The minimum atomic E-state index is -1.55. The molecule has 8 rings (SSSR count). The van der Waals surface area contributed by atoms with Gasteiger partial charge in [0.15, 0.2) is 24.8 Å². The van der Waals surface area contributed by atoms with Gasteiger partial charge in [-0.05, 0) is 46.5 Å². The van der Waals surface area contributed by atoms with Crippen molar-refractivity contribution in [3.8, 4) is 0 Å². The third-order valence-corrected chi connectivity index (χ3v) is 11.4. The Morgan fingerprint density at radius 3 is 1.28 bits per heavy atom. The molecule has 0 saturated carbocycles. The molecule has 2 heterocycles. The molecule has 10 atom stereocenters. The maximum Gasteiger partial charge on any atom is 0.338 e. The Hall–Kier alpha value is -6.10. The molecule has 2 aliphatic rings. The molecule has 13 nitrogen and oxygen atoms in total. The maximum atomic E-state index is 13.8. The van der Waals surface area contributed by atoms with Crippen molar-refractivity contribution in [3.63, 3.8) is 0 Å². The van der Waals surface area contributed by atoms with Crippen LogP contribution in [0.25, 0.3) is 0 Å². The molecular weight excluding hydrogens is 857 g/mol. The summed E-state index contributed by atoms with van der Waals surface area (Å²) < 4.78 is 57.3.